The minimum absolute atomic E-state index is 0.0586. The lowest BCUT2D eigenvalue weighted by Crippen LogP contribution is -2.40. The molecule has 0 bridgehead atoms. The molecule has 30 heavy (non-hydrogen) atoms. The molecule has 1 saturated heterocycles. The summed E-state index contributed by atoms with van der Waals surface area (Å²) in [6.07, 6.45) is 5.57. The first kappa shape index (κ1) is 22.5. The number of benzene rings is 1. The van der Waals surface area contributed by atoms with Crippen molar-refractivity contribution in [2.24, 2.45) is 0 Å². The van der Waals surface area contributed by atoms with Gasteiger partial charge in [-0.3, -0.25) is 4.79 Å². The molecule has 2 aromatic rings. The predicted molar refractivity (Wildman–Crippen MR) is 120 cm³/mol. The number of ether oxygens (including phenoxy) is 1. The lowest BCUT2D eigenvalue weighted by molar-refractivity contribution is -0.127. The lowest BCUT2D eigenvalue weighted by atomic mass is 10.1. The van der Waals surface area contributed by atoms with E-state index in [1.165, 1.54) is 6.08 Å². The number of hydrogen-bond acceptors (Lipinski definition) is 6. The zero-order valence-corrected chi connectivity index (χ0v) is 19.0. The molecule has 162 valence electrons. The van der Waals surface area contributed by atoms with Crippen molar-refractivity contribution < 1.29 is 17.9 Å². The van der Waals surface area contributed by atoms with Crippen LogP contribution in [0.2, 0.25) is 0 Å². The molecular weight excluding hydrogens is 420 g/mol. The number of amides is 1. The molecule has 0 saturated carbocycles. The van der Waals surface area contributed by atoms with E-state index in [-0.39, 0.29) is 23.5 Å². The Morgan fingerprint density at radius 2 is 2.17 bits per heavy atom. The monoisotopic (exact) mass is 448 g/mol. The molecule has 1 aromatic heterocycles. The minimum atomic E-state index is -3.05. The van der Waals surface area contributed by atoms with Crippen molar-refractivity contribution in [3.63, 3.8) is 0 Å². The van der Waals surface area contributed by atoms with Gasteiger partial charge in [0, 0.05) is 29.6 Å². The number of nitrogens with zero attached hydrogens (tertiary/aromatic N) is 2. The van der Waals surface area contributed by atoms with Gasteiger partial charge in [0.2, 0.25) is 5.91 Å². The average Bonchev–Trinajstić information content (AvgIpc) is 3.30. The van der Waals surface area contributed by atoms with Crippen molar-refractivity contribution in [1.29, 1.82) is 0 Å². The summed E-state index contributed by atoms with van der Waals surface area (Å²) >= 11 is 1.58. The summed E-state index contributed by atoms with van der Waals surface area (Å²) < 4.78 is 29.7. The van der Waals surface area contributed by atoms with Crippen molar-refractivity contribution in [3.8, 4) is 5.75 Å². The average molecular weight is 449 g/mol. The summed E-state index contributed by atoms with van der Waals surface area (Å²) in [6.45, 7) is 4.95. The van der Waals surface area contributed by atoms with E-state index >= 15 is 0 Å². The molecule has 1 aromatic carbocycles. The Morgan fingerprint density at radius 3 is 2.83 bits per heavy atom. The molecule has 0 radical (unpaired) electrons. The summed E-state index contributed by atoms with van der Waals surface area (Å²) in [5.74, 6) is 0.735. The third-order valence-corrected chi connectivity index (χ3v) is 7.62. The van der Waals surface area contributed by atoms with Crippen LogP contribution in [0.4, 0.5) is 0 Å². The molecule has 1 fully saturated rings. The fraction of sp³-hybridized carbons (Fsp3) is 0.455. The van der Waals surface area contributed by atoms with Gasteiger partial charge in [0.25, 0.3) is 0 Å². The second-order valence-corrected chi connectivity index (χ2v) is 10.8. The highest BCUT2D eigenvalue weighted by molar-refractivity contribution is 7.91. The van der Waals surface area contributed by atoms with Crippen molar-refractivity contribution in [1.82, 2.24) is 9.88 Å². The van der Waals surface area contributed by atoms with Crippen LogP contribution < -0.4 is 4.74 Å². The number of para-hydroxylation sites is 1. The molecular formula is C22H28N2O4S2. The van der Waals surface area contributed by atoms with Gasteiger partial charge in [-0.1, -0.05) is 31.5 Å². The van der Waals surface area contributed by atoms with Crippen LogP contribution in [0.5, 0.6) is 5.75 Å². The topological polar surface area (TPSA) is 76.6 Å². The molecule has 1 aliphatic heterocycles. The van der Waals surface area contributed by atoms with E-state index in [0.29, 0.717) is 25.3 Å². The van der Waals surface area contributed by atoms with Gasteiger partial charge in [0.05, 0.1) is 22.2 Å². The number of rotatable bonds is 9. The molecule has 3 rings (SSSR count). The van der Waals surface area contributed by atoms with E-state index in [1.54, 1.807) is 22.3 Å². The van der Waals surface area contributed by atoms with Gasteiger partial charge in [0.15, 0.2) is 9.84 Å². The number of hydrogen-bond donors (Lipinski definition) is 0. The number of aryl methyl sites for hydroxylation is 1. The quantitative estimate of drug-likeness (QED) is 0.545. The third kappa shape index (κ3) is 6.15. The molecule has 2 heterocycles. The van der Waals surface area contributed by atoms with Crippen LogP contribution in [0.25, 0.3) is 6.08 Å². The Morgan fingerprint density at radius 1 is 1.37 bits per heavy atom. The molecule has 6 nitrogen and oxygen atoms in total. The Balaban J connectivity index is 1.70. The Bertz CT molecular complexity index is 998. The van der Waals surface area contributed by atoms with Gasteiger partial charge < -0.3 is 9.64 Å². The summed E-state index contributed by atoms with van der Waals surface area (Å²) in [7, 11) is -3.05. The predicted octanol–water partition coefficient (Wildman–Crippen LogP) is 3.86. The zero-order valence-electron chi connectivity index (χ0n) is 17.4. The van der Waals surface area contributed by atoms with Crippen molar-refractivity contribution in [2.75, 3.05) is 18.1 Å². The van der Waals surface area contributed by atoms with Crippen LogP contribution in [0.1, 0.15) is 42.5 Å². The second-order valence-electron chi connectivity index (χ2n) is 7.46. The molecule has 8 heteroatoms. The van der Waals surface area contributed by atoms with Crippen molar-refractivity contribution in [2.45, 2.75) is 45.8 Å². The maximum Gasteiger partial charge on any atom is 0.246 e. The highest BCUT2D eigenvalue weighted by Gasteiger charge is 2.33. The van der Waals surface area contributed by atoms with E-state index in [2.05, 4.69) is 11.9 Å². The van der Waals surface area contributed by atoms with Gasteiger partial charge >= 0.3 is 0 Å². The first-order valence-electron chi connectivity index (χ1n) is 10.2. The first-order valence-corrected chi connectivity index (χ1v) is 12.9. The van der Waals surface area contributed by atoms with E-state index in [9.17, 15) is 13.2 Å². The van der Waals surface area contributed by atoms with Crippen LogP contribution >= 0.6 is 11.3 Å². The zero-order chi connectivity index (χ0) is 21.6. The van der Waals surface area contributed by atoms with E-state index in [4.69, 9.17) is 4.74 Å². The fourth-order valence-corrected chi connectivity index (χ4v) is 5.78. The van der Waals surface area contributed by atoms with E-state index < -0.39 is 9.84 Å². The van der Waals surface area contributed by atoms with Gasteiger partial charge in [-0.05, 0) is 31.9 Å². The maximum absolute atomic E-state index is 12.9. The fourth-order valence-electron chi connectivity index (χ4n) is 3.46. The van der Waals surface area contributed by atoms with Gasteiger partial charge in [-0.25, -0.2) is 13.4 Å². The van der Waals surface area contributed by atoms with Gasteiger partial charge in [0.1, 0.15) is 12.4 Å². The third-order valence-electron chi connectivity index (χ3n) is 5.05. The SMILES string of the molecule is CCCCN(C(=O)/C=C/c1ccccc1OCc1csc(C)n1)C1CCS(=O)(=O)C1. The van der Waals surface area contributed by atoms with E-state index in [0.717, 1.165) is 29.1 Å². The molecule has 1 atom stereocenters. The van der Waals surface area contributed by atoms with Crippen molar-refractivity contribution >= 4 is 33.2 Å². The second kappa shape index (κ2) is 10.2. The Labute approximate surface area is 182 Å². The van der Waals surface area contributed by atoms with Crippen LogP contribution in [0.15, 0.2) is 35.7 Å². The van der Waals surface area contributed by atoms with E-state index in [1.807, 2.05) is 36.6 Å². The largest absolute Gasteiger partial charge is 0.487 e. The van der Waals surface area contributed by atoms with Crippen LogP contribution in [0, 0.1) is 6.92 Å². The summed E-state index contributed by atoms with van der Waals surface area (Å²) in [4.78, 5) is 19.0. The normalized spacial score (nSPS) is 18.0. The molecule has 1 amide bonds. The Kier molecular flexibility index (Phi) is 7.66. The standard InChI is InChI=1S/C22H28N2O4S2/c1-3-4-12-24(20-11-13-30(26,27)16-20)22(25)10-9-18-7-5-6-8-21(18)28-14-19-15-29-17(2)23-19/h5-10,15,20H,3-4,11-14,16H2,1-2H3/b10-9+. The number of sulfone groups is 1. The summed E-state index contributed by atoms with van der Waals surface area (Å²) in [5.41, 5.74) is 1.67. The molecule has 1 aliphatic rings. The number of carbonyl (C=O) groups excluding carboxylic acids is 1. The number of thiazole rings is 1. The highest BCUT2D eigenvalue weighted by Crippen LogP contribution is 2.23. The van der Waals surface area contributed by atoms with Crippen LogP contribution in [-0.4, -0.2) is 48.3 Å². The first-order chi connectivity index (χ1) is 14.4. The number of unbranched alkanes of at least 4 members (excludes halogenated alkanes) is 1. The number of carbonyl (C=O) groups is 1. The van der Waals surface area contributed by atoms with Gasteiger partial charge in [-0.2, -0.15) is 0 Å². The smallest absolute Gasteiger partial charge is 0.246 e. The highest BCUT2D eigenvalue weighted by atomic mass is 32.2. The molecule has 1 unspecified atom stereocenters. The summed E-state index contributed by atoms with van der Waals surface area (Å²) in [6, 6.07) is 7.29. The van der Waals surface area contributed by atoms with Crippen LogP contribution in [-0.2, 0) is 21.2 Å². The van der Waals surface area contributed by atoms with Gasteiger partial charge in [-0.15, -0.1) is 11.3 Å². The van der Waals surface area contributed by atoms with Crippen molar-refractivity contribution in [3.05, 3.63) is 52.0 Å². The molecule has 0 N–H and O–H groups in total. The maximum atomic E-state index is 12.9. The Hall–Kier alpha value is -2.19. The lowest BCUT2D eigenvalue weighted by Gasteiger charge is -2.27. The molecule has 0 spiro atoms. The summed E-state index contributed by atoms with van der Waals surface area (Å²) in [5, 5.41) is 2.96. The van der Waals surface area contributed by atoms with Crippen LogP contribution in [0.3, 0.4) is 0 Å². The minimum Gasteiger partial charge on any atom is -0.487 e. The molecule has 0 aliphatic carbocycles. The number of aromatic nitrogens is 1.